The molecule has 0 bridgehead atoms. The molecule has 146 valence electrons. The predicted octanol–water partition coefficient (Wildman–Crippen LogP) is 3.15. The number of nitrogens with one attached hydrogen (secondary N) is 2. The molecule has 0 radical (unpaired) electrons. The first kappa shape index (κ1) is 18.8. The third-order valence-electron chi connectivity index (χ3n) is 5.58. The maximum atomic E-state index is 13.7. The van der Waals surface area contributed by atoms with Crippen LogP contribution in [-0.4, -0.2) is 15.9 Å². The van der Waals surface area contributed by atoms with E-state index in [4.69, 9.17) is 5.26 Å². The molecule has 2 heterocycles. The smallest absolute Gasteiger partial charge is 0.252 e. The summed E-state index contributed by atoms with van der Waals surface area (Å²) in [4.78, 5) is 32.9. The van der Waals surface area contributed by atoms with Crippen molar-refractivity contribution in [3.8, 4) is 6.07 Å². The number of amides is 1. The number of nitriles is 1. The molecule has 0 saturated heterocycles. The number of aryl methyl sites for hydroxylation is 1. The van der Waals surface area contributed by atoms with Crippen molar-refractivity contribution in [1.82, 2.24) is 15.3 Å². The maximum Gasteiger partial charge on any atom is 0.252 e. The Bertz CT molecular complexity index is 1240. The first-order valence-electron chi connectivity index (χ1n) is 9.36. The summed E-state index contributed by atoms with van der Waals surface area (Å²) in [5.74, 6) is -0.663. The maximum absolute atomic E-state index is 13.7. The van der Waals surface area contributed by atoms with Crippen LogP contribution in [0.1, 0.15) is 48.3 Å². The van der Waals surface area contributed by atoms with Gasteiger partial charge in [-0.05, 0) is 62.6 Å². The van der Waals surface area contributed by atoms with Gasteiger partial charge in [0.1, 0.15) is 17.6 Å². The number of benzene rings is 1. The zero-order valence-corrected chi connectivity index (χ0v) is 16.0. The van der Waals surface area contributed by atoms with Gasteiger partial charge in [0.2, 0.25) is 5.91 Å². The quantitative estimate of drug-likeness (QED) is 0.715. The molecule has 2 aromatic heterocycles. The van der Waals surface area contributed by atoms with Gasteiger partial charge in [-0.25, -0.2) is 9.37 Å². The molecule has 7 heteroatoms. The SMILES string of the molecule is Cc1c(C2(C(=O)N[C@H](C)c3cccc(C#N)n3)CC2)c(=O)[nH]c2ccc(F)cc12. The van der Waals surface area contributed by atoms with Crippen LogP contribution in [0, 0.1) is 24.1 Å². The fourth-order valence-corrected chi connectivity index (χ4v) is 3.88. The number of H-pyrrole nitrogens is 1. The fraction of sp³-hybridized carbons (Fsp3) is 0.273. The Morgan fingerprint density at radius 3 is 2.79 bits per heavy atom. The number of hydrogen-bond donors (Lipinski definition) is 2. The molecule has 2 N–H and O–H groups in total. The Hall–Kier alpha value is -3.53. The van der Waals surface area contributed by atoms with Crippen molar-refractivity contribution in [3.63, 3.8) is 0 Å². The van der Waals surface area contributed by atoms with Crippen molar-refractivity contribution in [2.45, 2.75) is 38.1 Å². The van der Waals surface area contributed by atoms with Crippen molar-refractivity contribution < 1.29 is 9.18 Å². The molecular weight excluding hydrogens is 371 g/mol. The van der Waals surface area contributed by atoms with E-state index in [2.05, 4.69) is 15.3 Å². The van der Waals surface area contributed by atoms with Crippen LogP contribution in [0.4, 0.5) is 4.39 Å². The number of carbonyl (C=O) groups is 1. The van der Waals surface area contributed by atoms with Crippen molar-refractivity contribution in [3.05, 3.63) is 75.1 Å². The monoisotopic (exact) mass is 390 g/mol. The molecule has 1 aromatic carbocycles. The van der Waals surface area contributed by atoms with Gasteiger partial charge in [0.15, 0.2) is 0 Å². The number of halogens is 1. The van der Waals surface area contributed by atoms with E-state index in [1.807, 2.05) is 6.07 Å². The van der Waals surface area contributed by atoms with Gasteiger partial charge in [-0.15, -0.1) is 0 Å². The highest BCUT2D eigenvalue weighted by molar-refractivity contribution is 5.94. The summed E-state index contributed by atoms with van der Waals surface area (Å²) < 4.78 is 13.7. The van der Waals surface area contributed by atoms with Crippen molar-refractivity contribution in [2.24, 2.45) is 0 Å². The molecule has 1 atom stereocenters. The highest BCUT2D eigenvalue weighted by atomic mass is 19.1. The lowest BCUT2D eigenvalue weighted by molar-refractivity contribution is -0.124. The highest BCUT2D eigenvalue weighted by Crippen LogP contribution is 2.49. The van der Waals surface area contributed by atoms with E-state index < -0.39 is 17.3 Å². The standard InChI is InChI=1S/C22H19FN4O2/c1-12-16-10-14(23)6-7-18(16)27-20(28)19(12)22(8-9-22)21(29)25-13(2)17-5-3-4-15(11-24)26-17/h3-7,10,13H,8-9H2,1-2H3,(H,25,29)(H,27,28)/t13-/m1/s1. The molecule has 0 aliphatic heterocycles. The number of hydrogen-bond acceptors (Lipinski definition) is 4. The number of aromatic nitrogens is 2. The molecule has 1 fully saturated rings. The summed E-state index contributed by atoms with van der Waals surface area (Å²) in [6, 6.07) is 10.8. The van der Waals surface area contributed by atoms with E-state index in [0.717, 1.165) is 0 Å². The summed E-state index contributed by atoms with van der Waals surface area (Å²) in [6.45, 7) is 3.53. The number of fused-ring (bicyclic) bond motifs is 1. The van der Waals surface area contributed by atoms with E-state index in [9.17, 15) is 14.0 Å². The number of carbonyl (C=O) groups excluding carboxylic acids is 1. The Morgan fingerprint density at radius 1 is 1.34 bits per heavy atom. The summed E-state index contributed by atoms with van der Waals surface area (Å²) in [5.41, 5.74) is 1.13. The molecule has 6 nitrogen and oxygen atoms in total. The van der Waals surface area contributed by atoms with Gasteiger partial charge in [-0.2, -0.15) is 5.26 Å². The van der Waals surface area contributed by atoms with Gasteiger partial charge in [0.25, 0.3) is 5.56 Å². The average molecular weight is 390 g/mol. The second kappa shape index (κ2) is 6.82. The third kappa shape index (κ3) is 3.17. The zero-order chi connectivity index (χ0) is 20.8. The molecule has 4 rings (SSSR count). The summed E-state index contributed by atoms with van der Waals surface area (Å²) >= 11 is 0. The molecule has 0 spiro atoms. The molecule has 1 amide bonds. The van der Waals surface area contributed by atoms with E-state index in [1.54, 1.807) is 32.0 Å². The van der Waals surface area contributed by atoms with Gasteiger partial charge in [-0.1, -0.05) is 6.07 Å². The van der Waals surface area contributed by atoms with Gasteiger partial charge in [-0.3, -0.25) is 9.59 Å². The molecule has 3 aromatic rings. The first-order valence-corrected chi connectivity index (χ1v) is 9.36. The van der Waals surface area contributed by atoms with Crippen LogP contribution < -0.4 is 10.9 Å². The molecule has 1 saturated carbocycles. The van der Waals surface area contributed by atoms with Gasteiger partial charge >= 0.3 is 0 Å². The van der Waals surface area contributed by atoms with Crippen LogP contribution in [0.2, 0.25) is 0 Å². The Balaban J connectivity index is 1.69. The second-order valence-corrected chi connectivity index (χ2v) is 7.48. The first-order chi connectivity index (χ1) is 13.9. The normalized spacial score (nSPS) is 15.5. The molecule has 1 aliphatic rings. The Morgan fingerprint density at radius 2 is 2.10 bits per heavy atom. The largest absolute Gasteiger partial charge is 0.347 e. The number of nitrogens with zero attached hydrogens (tertiary/aromatic N) is 2. The number of pyridine rings is 2. The summed E-state index contributed by atoms with van der Waals surface area (Å²) in [5, 5.41) is 12.5. The molecular formula is C22H19FN4O2. The summed E-state index contributed by atoms with van der Waals surface area (Å²) in [7, 11) is 0. The lowest BCUT2D eigenvalue weighted by Crippen LogP contribution is -2.40. The number of rotatable bonds is 4. The van der Waals surface area contributed by atoms with Crippen molar-refractivity contribution in [1.29, 1.82) is 5.26 Å². The second-order valence-electron chi connectivity index (χ2n) is 7.48. The minimum absolute atomic E-state index is 0.265. The Labute approximate surface area is 166 Å². The lowest BCUT2D eigenvalue weighted by Gasteiger charge is -2.21. The van der Waals surface area contributed by atoms with E-state index in [0.29, 0.717) is 40.6 Å². The van der Waals surface area contributed by atoms with Crippen LogP contribution in [-0.2, 0) is 10.2 Å². The lowest BCUT2D eigenvalue weighted by atomic mass is 9.90. The van der Waals surface area contributed by atoms with E-state index in [-0.39, 0.29) is 17.2 Å². The van der Waals surface area contributed by atoms with Crippen LogP contribution in [0.15, 0.2) is 41.2 Å². The highest BCUT2D eigenvalue weighted by Gasteiger charge is 2.54. The topological polar surface area (TPSA) is 98.6 Å². The fourth-order valence-electron chi connectivity index (χ4n) is 3.88. The van der Waals surface area contributed by atoms with Gasteiger partial charge in [0.05, 0.1) is 17.2 Å². The third-order valence-corrected chi connectivity index (χ3v) is 5.58. The minimum Gasteiger partial charge on any atom is -0.347 e. The van der Waals surface area contributed by atoms with Crippen molar-refractivity contribution >= 4 is 16.8 Å². The van der Waals surface area contributed by atoms with Crippen LogP contribution >= 0.6 is 0 Å². The van der Waals surface area contributed by atoms with Crippen molar-refractivity contribution in [2.75, 3.05) is 0 Å². The van der Waals surface area contributed by atoms with E-state index in [1.165, 1.54) is 18.2 Å². The van der Waals surface area contributed by atoms with Crippen LogP contribution in [0.3, 0.4) is 0 Å². The molecule has 1 aliphatic carbocycles. The average Bonchev–Trinajstić information content (AvgIpc) is 3.50. The minimum atomic E-state index is -0.931. The van der Waals surface area contributed by atoms with Crippen LogP contribution in [0.25, 0.3) is 10.9 Å². The van der Waals surface area contributed by atoms with Crippen LogP contribution in [0.5, 0.6) is 0 Å². The van der Waals surface area contributed by atoms with Gasteiger partial charge < -0.3 is 10.3 Å². The predicted molar refractivity (Wildman–Crippen MR) is 106 cm³/mol. The van der Waals surface area contributed by atoms with Gasteiger partial charge in [0, 0.05) is 16.5 Å². The summed E-state index contributed by atoms with van der Waals surface area (Å²) in [6.07, 6.45) is 1.09. The van der Waals surface area contributed by atoms with E-state index >= 15 is 0 Å². The molecule has 29 heavy (non-hydrogen) atoms. The number of aromatic amines is 1. The Kier molecular flexibility index (Phi) is 4.42. The zero-order valence-electron chi connectivity index (χ0n) is 16.0. The molecule has 0 unspecified atom stereocenters.